The van der Waals surface area contributed by atoms with Crippen LogP contribution in [0, 0.1) is 0 Å². The molecule has 1 atom stereocenters. The third-order valence-corrected chi connectivity index (χ3v) is 4.53. The van der Waals surface area contributed by atoms with Crippen molar-refractivity contribution in [2.24, 2.45) is 0 Å². The molecule has 2 N–H and O–H groups in total. The van der Waals surface area contributed by atoms with Crippen molar-refractivity contribution >= 4 is 17.3 Å². The summed E-state index contributed by atoms with van der Waals surface area (Å²) in [5.74, 6) is 1.04. The summed E-state index contributed by atoms with van der Waals surface area (Å²) in [5, 5.41) is 0. The zero-order valence-corrected chi connectivity index (χ0v) is 13.3. The Bertz CT molecular complexity index is 541. The molecule has 1 saturated heterocycles. The summed E-state index contributed by atoms with van der Waals surface area (Å²) in [6.45, 7) is 5.05. The number of hydrogen-bond donors (Lipinski definition) is 1. The Morgan fingerprint density at radius 3 is 2.82 bits per heavy atom. The minimum Gasteiger partial charge on any atom is -0.486 e. The topological polar surface area (TPSA) is 58.8 Å². The standard InChI is InChI=1S/C17H25N3O2/c1-2-14-11-20(12-17(21)19-8-4-3-5-9-19)15-10-13(18)6-7-16(15)22-14/h6-7,10,14H,2-5,8-9,11-12,18H2,1H3. The summed E-state index contributed by atoms with van der Waals surface area (Å²) in [7, 11) is 0. The van der Waals surface area contributed by atoms with E-state index in [1.54, 1.807) is 0 Å². The molecule has 1 fully saturated rings. The maximum Gasteiger partial charge on any atom is 0.242 e. The molecule has 5 nitrogen and oxygen atoms in total. The number of nitrogens with zero attached hydrogens (tertiary/aromatic N) is 2. The van der Waals surface area contributed by atoms with Gasteiger partial charge in [-0.1, -0.05) is 6.92 Å². The molecule has 1 aromatic rings. The van der Waals surface area contributed by atoms with Crippen LogP contribution in [0.25, 0.3) is 0 Å². The molecule has 22 heavy (non-hydrogen) atoms. The van der Waals surface area contributed by atoms with Gasteiger partial charge in [-0.3, -0.25) is 4.79 Å². The van der Waals surface area contributed by atoms with E-state index < -0.39 is 0 Å². The molecule has 5 heteroatoms. The number of nitrogen functional groups attached to an aromatic ring is 1. The highest BCUT2D eigenvalue weighted by Gasteiger charge is 2.28. The number of anilines is 2. The van der Waals surface area contributed by atoms with Crippen molar-refractivity contribution in [1.29, 1.82) is 0 Å². The summed E-state index contributed by atoms with van der Waals surface area (Å²) >= 11 is 0. The number of ether oxygens (including phenoxy) is 1. The van der Waals surface area contributed by atoms with E-state index >= 15 is 0 Å². The second kappa shape index (κ2) is 6.46. The molecule has 2 aliphatic heterocycles. The van der Waals surface area contributed by atoms with Crippen molar-refractivity contribution in [3.63, 3.8) is 0 Å². The number of hydrogen-bond acceptors (Lipinski definition) is 4. The molecule has 0 spiro atoms. The molecule has 0 bridgehead atoms. The van der Waals surface area contributed by atoms with Crippen molar-refractivity contribution in [1.82, 2.24) is 4.90 Å². The molecular formula is C17H25N3O2. The number of carbonyl (C=O) groups is 1. The first-order valence-corrected chi connectivity index (χ1v) is 8.26. The molecule has 0 aliphatic carbocycles. The van der Waals surface area contributed by atoms with Crippen LogP contribution in [-0.2, 0) is 4.79 Å². The predicted molar refractivity (Wildman–Crippen MR) is 88.2 cm³/mol. The van der Waals surface area contributed by atoms with Crippen molar-refractivity contribution in [2.75, 3.05) is 36.8 Å². The van der Waals surface area contributed by atoms with Crippen LogP contribution in [0.5, 0.6) is 5.75 Å². The van der Waals surface area contributed by atoms with Gasteiger partial charge in [0.05, 0.1) is 18.8 Å². The van der Waals surface area contributed by atoms with E-state index in [-0.39, 0.29) is 12.0 Å². The third-order valence-electron chi connectivity index (χ3n) is 4.53. The van der Waals surface area contributed by atoms with Gasteiger partial charge in [0.1, 0.15) is 11.9 Å². The molecule has 0 aromatic heterocycles. The highest BCUT2D eigenvalue weighted by Crippen LogP contribution is 2.35. The summed E-state index contributed by atoms with van der Waals surface area (Å²) in [6, 6.07) is 5.66. The first kappa shape index (κ1) is 15.0. The number of benzene rings is 1. The summed E-state index contributed by atoms with van der Waals surface area (Å²) in [4.78, 5) is 16.7. The van der Waals surface area contributed by atoms with Gasteiger partial charge >= 0.3 is 0 Å². The van der Waals surface area contributed by atoms with Crippen LogP contribution in [0.1, 0.15) is 32.6 Å². The monoisotopic (exact) mass is 303 g/mol. The molecule has 120 valence electrons. The molecule has 1 aromatic carbocycles. The van der Waals surface area contributed by atoms with Crippen molar-refractivity contribution in [3.8, 4) is 5.75 Å². The van der Waals surface area contributed by atoms with Crippen molar-refractivity contribution in [2.45, 2.75) is 38.7 Å². The zero-order chi connectivity index (χ0) is 15.5. The van der Waals surface area contributed by atoms with E-state index in [1.165, 1.54) is 6.42 Å². The lowest BCUT2D eigenvalue weighted by atomic mass is 10.1. The zero-order valence-electron chi connectivity index (χ0n) is 13.3. The Kier molecular flexibility index (Phi) is 4.41. The van der Waals surface area contributed by atoms with Gasteiger partial charge < -0.3 is 20.3 Å². The quantitative estimate of drug-likeness (QED) is 0.870. The van der Waals surface area contributed by atoms with E-state index in [4.69, 9.17) is 10.5 Å². The fourth-order valence-electron chi connectivity index (χ4n) is 3.21. The summed E-state index contributed by atoms with van der Waals surface area (Å²) < 4.78 is 5.97. The molecule has 3 rings (SSSR count). The first-order valence-electron chi connectivity index (χ1n) is 8.26. The number of amides is 1. The van der Waals surface area contributed by atoms with Gasteiger partial charge in [-0.2, -0.15) is 0 Å². The fraction of sp³-hybridized carbons (Fsp3) is 0.588. The Hall–Kier alpha value is -1.91. The molecule has 2 heterocycles. The summed E-state index contributed by atoms with van der Waals surface area (Å²) in [5.41, 5.74) is 7.55. The van der Waals surface area contributed by atoms with Crippen molar-refractivity contribution < 1.29 is 9.53 Å². The minimum absolute atomic E-state index is 0.130. The highest BCUT2D eigenvalue weighted by atomic mass is 16.5. The van der Waals surface area contributed by atoms with Crippen molar-refractivity contribution in [3.05, 3.63) is 18.2 Å². The van der Waals surface area contributed by atoms with E-state index in [1.807, 2.05) is 23.1 Å². The molecule has 0 saturated carbocycles. The van der Waals surface area contributed by atoms with Crippen LogP contribution in [0.2, 0.25) is 0 Å². The Morgan fingerprint density at radius 2 is 2.09 bits per heavy atom. The van der Waals surface area contributed by atoms with Gasteiger partial charge in [-0.25, -0.2) is 0 Å². The maximum atomic E-state index is 12.6. The number of likely N-dealkylation sites (tertiary alicyclic amines) is 1. The first-order chi connectivity index (χ1) is 10.7. The number of carbonyl (C=O) groups excluding carboxylic acids is 1. The van der Waals surface area contributed by atoms with Gasteiger partial charge in [0, 0.05) is 18.8 Å². The lowest BCUT2D eigenvalue weighted by molar-refractivity contribution is -0.130. The Morgan fingerprint density at radius 1 is 1.32 bits per heavy atom. The molecule has 1 amide bonds. The van der Waals surface area contributed by atoms with Gasteiger partial charge in [-0.15, -0.1) is 0 Å². The van der Waals surface area contributed by atoms with Crippen LogP contribution in [0.4, 0.5) is 11.4 Å². The predicted octanol–water partition coefficient (Wildman–Crippen LogP) is 2.26. The normalized spacial score (nSPS) is 21.2. The fourth-order valence-corrected chi connectivity index (χ4v) is 3.21. The van der Waals surface area contributed by atoms with Crippen LogP contribution >= 0.6 is 0 Å². The van der Waals surface area contributed by atoms with Crippen LogP contribution < -0.4 is 15.4 Å². The highest BCUT2D eigenvalue weighted by molar-refractivity contribution is 5.83. The number of fused-ring (bicyclic) bond motifs is 1. The molecular weight excluding hydrogens is 278 g/mol. The van der Waals surface area contributed by atoms with E-state index in [0.29, 0.717) is 12.2 Å². The van der Waals surface area contributed by atoms with Gasteiger partial charge in [0.15, 0.2) is 0 Å². The van der Waals surface area contributed by atoms with E-state index in [2.05, 4.69) is 11.8 Å². The SMILES string of the molecule is CCC1CN(CC(=O)N2CCCCC2)c2cc(N)ccc2O1. The molecule has 2 aliphatic rings. The number of rotatable bonds is 3. The Labute approximate surface area is 132 Å². The maximum absolute atomic E-state index is 12.6. The number of nitrogens with two attached hydrogens (primary N) is 1. The minimum atomic E-state index is 0.130. The van der Waals surface area contributed by atoms with Crippen LogP contribution in [-0.4, -0.2) is 43.1 Å². The van der Waals surface area contributed by atoms with Crippen LogP contribution in [0.3, 0.4) is 0 Å². The van der Waals surface area contributed by atoms with E-state index in [0.717, 1.165) is 50.3 Å². The van der Waals surface area contributed by atoms with Gasteiger partial charge in [0.25, 0.3) is 0 Å². The lowest BCUT2D eigenvalue weighted by Crippen LogP contribution is -2.47. The second-order valence-electron chi connectivity index (χ2n) is 6.20. The second-order valence-corrected chi connectivity index (χ2v) is 6.20. The Balaban J connectivity index is 1.77. The number of piperidine rings is 1. The average Bonchev–Trinajstić information content (AvgIpc) is 2.55. The van der Waals surface area contributed by atoms with Gasteiger partial charge in [-0.05, 0) is 43.9 Å². The lowest BCUT2D eigenvalue weighted by Gasteiger charge is -2.37. The third kappa shape index (κ3) is 3.13. The smallest absolute Gasteiger partial charge is 0.242 e. The van der Waals surface area contributed by atoms with Crippen LogP contribution in [0.15, 0.2) is 18.2 Å². The van der Waals surface area contributed by atoms with E-state index in [9.17, 15) is 4.79 Å². The molecule has 1 unspecified atom stereocenters. The largest absolute Gasteiger partial charge is 0.486 e. The molecule has 0 radical (unpaired) electrons. The summed E-state index contributed by atoms with van der Waals surface area (Å²) in [6.07, 6.45) is 4.54. The van der Waals surface area contributed by atoms with Gasteiger partial charge in [0.2, 0.25) is 5.91 Å². The average molecular weight is 303 g/mol.